The predicted octanol–water partition coefficient (Wildman–Crippen LogP) is 0.690. The zero-order chi connectivity index (χ0) is 8.85. The van der Waals surface area contributed by atoms with Gasteiger partial charge in [0.2, 0.25) is 0 Å². The molecular weight excluding hydrogens is 142 g/mol. The van der Waals surface area contributed by atoms with E-state index in [1.54, 1.807) is 11.9 Å². The summed E-state index contributed by atoms with van der Waals surface area (Å²) in [5.41, 5.74) is 2.10. The first-order chi connectivity index (χ1) is 5.17. The lowest BCUT2D eigenvalue weighted by atomic mass is 10.1. The molecule has 0 radical (unpaired) electrons. The lowest BCUT2D eigenvalue weighted by molar-refractivity contribution is 0.187. The van der Waals surface area contributed by atoms with E-state index in [0.29, 0.717) is 6.04 Å². The fraction of sp³-hybridized carbons (Fsp3) is 0.857. The third kappa shape index (κ3) is 2.76. The first kappa shape index (κ1) is 10.2. The molecule has 0 unspecified atom stereocenters. The zero-order valence-electron chi connectivity index (χ0n) is 7.42. The van der Waals surface area contributed by atoms with Gasteiger partial charge in [-0.1, -0.05) is 13.8 Å². The highest BCUT2D eigenvalue weighted by molar-refractivity contribution is 5.73. The topological polar surface area (TPSA) is 58.4 Å². The molecule has 0 aliphatic carbocycles. The van der Waals surface area contributed by atoms with Gasteiger partial charge in [-0.25, -0.2) is 10.6 Å². The summed E-state index contributed by atoms with van der Waals surface area (Å²) < 4.78 is 0. The average Bonchev–Trinajstić information content (AvgIpc) is 2.05. The van der Waals surface area contributed by atoms with Crippen molar-refractivity contribution in [3.05, 3.63) is 0 Å². The van der Waals surface area contributed by atoms with E-state index >= 15 is 0 Å². The minimum atomic E-state index is -0.223. The van der Waals surface area contributed by atoms with Crippen LogP contribution in [0.25, 0.3) is 0 Å². The Kier molecular flexibility index (Phi) is 4.61. The quantitative estimate of drug-likeness (QED) is 0.361. The zero-order valence-corrected chi connectivity index (χ0v) is 7.42. The van der Waals surface area contributed by atoms with Crippen LogP contribution in [0.2, 0.25) is 0 Å². The SMILES string of the molecule is CCC(CC)N(C)C(=O)NN. The molecule has 3 N–H and O–H groups in total. The van der Waals surface area contributed by atoms with Crippen molar-refractivity contribution < 1.29 is 4.79 Å². The Hall–Kier alpha value is -0.770. The summed E-state index contributed by atoms with van der Waals surface area (Å²) in [4.78, 5) is 12.6. The third-order valence-electron chi connectivity index (χ3n) is 1.93. The number of amides is 2. The highest BCUT2D eigenvalue weighted by atomic mass is 16.2. The number of carbonyl (C=O) groups is 1. The molecule has 0 saturated carbocycles. The van der Waals surface area contributed by atoms with Crippen LogP contribution in [-0.2, 0) is 0 Å². The van der Waals surface area contributed by atoms with E-state index in [1.807, 2.05) is 0 Å². The van der Waals surface area contributed by atoms with Crippen LogP contribution in [0, 0.1) is 0 Å². The van der Waals surface area contributed by atoms with Crippen molar-refractivity contribution in [2.45, 2.75) is 32.7 Å². The molecule has 0 heterocycles. The van der Waals surface area contributed by atoms with Gasteiger partial charge in [-0.05, 0) is 12.8 Å². The van der Waals surface area contributed by atoms with Gasteiger partial charge in [0.15, 0.2) is 0 Å². The molecular formula is C7H17N3O. The fourth-order valence-corrected chi connectivity index (χ4v) is 1.10. The van der Waals surface area contributed by atoms with Gasteiger partial charge in [0, 0.05) is 13.1 Å². The van der Waals surface area contributed by atoms with Crippen molar-refractivity contribution in [1.82, 2.24) is 10.3 Å². The van der Waals surface area contributed by atoms with Crippen LogP contribution in [-0.4, -0.2) is 24.0 Å². The molecule has 0 atom stereocenters. The number of nitrogens with one attached hydrogen (secondary N) is 1. The summed E-state index contributed by atoms with van der Waals surface area (Å²) >= 11 is 0. The number of rotatable bonds is 3. The molecule has 2 amide bonds. The molecule has 0 saturated heterocycles. The van der Waals surface area contributed by atoms with Crippen LogP contribution in [0.1, 0.15) is 26.7 Å². The number of nitrogens with two attached hydrogens (primary N) is 1. The van der Waals surface area contributed by atoms with Gasteiger partial charge >= 0.3 is 6.03 Å². The molecule has 0 aliphatic rings. The van der Waals surface area contributed by atoms with Gasteiger partial charge in [-0.3, -0.25) is 5.43 Å². The lowest BCUT2D eigenvalue weighted by Crippen LogP contribution is -2.45. The van der Waals surface area contributed by atoms with E-state index < -0.39 is 0 Å². The Labute approximate surface area is 67.7 Å². The number of nitrogens with zero attached hydrogens (tertiary/aromatic N) is 1. The molecule has 0 aromatic heterocycles. The maximum absolute atomic E-state index is 11.0. The van der Waals surface area contributed by atoms with Crippen LogP contribution in [0.5, 0.6) is 0 Å². The predicted molar refractivity (Wildman–Crippen MR) is 44.9 cm³/mol. The Balaban J connectivity index is 3.97. The van der Waals surface area contributed by atoms with Gasteiger partial charge in [-0.15, -0.1) is 0 Å². The summed E-state index contributed by atoms with van der Waals surface area (Å²) in [6, 6.07) is 0.0669. The van der Waals surface area contributed by atoms with E-state index in [1.165, 1.54) is 0 Å². The molecule has 0 rings (SSSR count). The van der Waals surface area contributed by atoms with E-state index in [0.717, 1.165) is 12.8 Å². The van der Waals surface area contributed by atoms with Crippen LogP contribution in [0.15, 0.2) is 0 Å². The monoisotopic (exact) mass is 159 g/mol. The number of hydrogen-bond acceptors (Lipinski definition) is 2. The second-order valence-electron chi connectivity index (χ2n) is 2.53. The van der Waals surface area contributed by atoms with Gasteiger partial charge in [0.05, 0.1) is 0 Å². The van der Waals surface area contributed by atoms with Crippen molar-refractivity contribution in [3.8, 4) is 0 Å². The Morgan fingerprint density at radius 3 is 2.27 bits per heavy atom. The second-order valence-corrected chi connectivity index (χ2v) is 2.53. The van der Waals surface area contributed by atoms with Crippen molar-refractivity contribution in [2.75, 3.05) is 7.05 Å². The van der Waals surface area contributed by atoms with E-state index in [9.17, 15) is 4.79 Å². The maximum atomic E-state index is 11.0. The molecule has 0 aliphatic heterocycles. The van der Waals surface area contributed by atoms with E-state index in [2.05, 4.69) is 19.3 Å². The average molecular weight is 159 g/mol. The van der Waals surface area contributed by atoms with Gasteiger partial charge in [0.1, 0.15) is 0 Å². The van der Waals surface area contributed by atoms with Gasteiger partial charge < -0.3 is 4.90 Å². The lowest BCUT2D eigenvalue weighted by Gasteiger charge is -2.25. The molecule has 0 fully saturated rings. The molecule has 66 valence electrons. The Bertz CT molecular complexity index is 123. The highest BCUT2D eigenvalue weighted by Gasteiger charge is 2.14. The van der Waals surface area contributed by atoms with Crippen LogP contribution in [0.3, 0.4) is 0 Å². The maximum Gasteiger partial charge on any atom is 0.331 e. The first-order valence-corrected chi connectivity index (χ1v) is 3.90. The molecule has 4 heteroatoms. The first-order valence-electron chi connectivity index (χ1n) is 3.90. The summed E-state index contributed by atoms with van der Waals surface area (Å²) in [7, 11) is 1.75. The van der Waals surface area contributed by atoms with Crippen molar-refractivity contribution in [1.29, 1.82) is 0 Å². The van der Waals surface area contributed by atoms with E-state index in [-0.39, 0.29) is 6.03 Å². The van der Waals surface area contributed by atoms with Crippen molar-refractivity contribution in [2.24, 2.45) is 5.84 Å². The van der Waals surface area contributed by atoms with Crippen molar-refractivity contribution in [3.63, 3.8) is 0 Å². The van der Waals surface area contributed by atoms with Crippen LogP contribution in [0.4, 0.5) is 4.79 Å². The number of urea groups is 1. The minimum absolute atomic E-state index is 0.223. The largest absolute Gasteiger partial charge is 0.331 e. The van der Waals surface area contributed by atoms with E-state index in [4.69, 9.17) is 5.84 Å². The molecule has 0 bridgehead atoms. The number of carbonyl (C=O) groups excluding carboxylic acids is 1. The second kappa shape index (κ2) is 4.96. The number of hydrogen-bond donors (Lipinski definition) is 2. The summed E-state index contributed by atoms with van der Waals surface area (Å²) in [5.74, 6) is 4.98. The van der Waals surface area contributed by atoms with Gasteiger partial charge in [-0.2, -0.15) is 0 Å². The van der Waals surface area contributed by atoms with Gasteiger partial charge in [0.25, 0.3) is 0 Å². The minimum Gasteiger partial charge on any atom is -0.324 e. The highest BCUT2D eigenvalue weighted by Crippen LogP contribution is 2.04. The summed E-state index contributed by atoms with van der Waals surface area (Å²) in [6.45, 7) is 4.10. The number of hydrazine groups is 1. The molecule has 4 nitrogen and oxygen atoms in total. The van der Waals surface area contributed by atoms with Crippen LogP contribution < -0.4 is 11.3 Å². The normalized spacial score (nSPS) is 9.91. The summed E-state index contributed by atoms with van der Waals surface area (Å²) in [6.07, 6.45) is 1.92. The Morgan fingerprint density at radius 1 is 1.55 bits per heavy atom. The molecule has 0 aromatic rings. The van der Waals surface area contributed by atoms with Crippen LogP contribution >= 0.6 is 0 Å². The summed E-state index contributed by atoms with van der Waals surface area (Å²) in [5, 5.41) is 0. The van der Waals surface area contributed by atoms with Crippen molar-refractivity contribution >= 4 is 6.03 Å². The molecule has 0 spiro atoms. The fourth-order valence-electron chi connectivity index (χ4n) is 1.10. The Morgan fingerprint density at radius 2 is 2.00 bits per heavy atom. The third-order valence-corrected chi connectivity index (χ3v) is 1.93. The molecule has 0 aromatic carbocycles. The molecule has 11 heavy (non-hydrogen) atoms. The smallest absolute Gasteiger partial charge is 0.324 e. The standard InChI is InChI=1S/C7H17N3O/c1-4-6(5-2)10(3)7(11)9-8/h6H,4-5,8H2,1-3H3,(H,9,11).